The number of rotatable bonds is 4. The van der Waals surface area contributed by atoms with Crippen molar-refractivity contribution in [2.45, 2.75) is 34.1 Å². The molecule has 0 aromatic rings. The lowest BCUT2D eigenvalue weighted by molar-refractivity contribution is -0.143. The molecule has 0 aliphatic carbocycles. The van der Waals surface area contributed by atoms with Crippen LogP contribution in [0.3, 0.4) is 0 Å². The summed E-state index contributed by atoms with van der Waals surface area (Å²) in [6.45, 7) is 7.84. The van der Waals surface area contributed by atoms with Gasteiger partial charge in [0.15, 0.2) is 5.12 Å². The predicted molar refractivity (Wildman–Crippen MR) is 62.7 cm³/mol. The molecule has 0 saturated heterocycles. The molecule has 3 nitrogen and oxygen atoms in total. The van der Waals surface area contributed by atoms with Gasteiger partial charge in [0, 0.05) is 12.2 Å². The average molecular weight is 232 g/mol. The fourth-order valence-corrected chi connectivity index (χ4v) is 2.08. The molecule has 0 spiro atoms. The minimum Gasteiger partial charge on any atom is -0.469 e. The van der Waals surface area contributed by atoms with Gasteiger partial charge in [0.2, 0.25) is 0 Å². The summed E-state index contributed by atoms with van der Waals surface area (Å²) in [7, 11) is 1.36. The molecule has 0 N–H and O–H groups in total. The second kappa shape index (κ2) is 6.16. The number of carbonyl (C=O) groups excluding carboxylic acids is 2. The SMILES string of the molecule is COC(=O)[C@@H](C)CSC(=O)CC(C)(C)C. The summed E-state index contributed by atoms with van der Waals surface area (Å²) in [5.41, 5.74) is 0.0125. The van der Waals surface area contributed by atoms with Crippen molar-refractivity contribution in [2.24, 2.45) is 11.3 Å². The first-order valence-corrected chi connectivity index (χ1v) is 5.98. The Kier molecular flexibility index (Phi) is 5.95. The Morgan fingerprint density at radius 1 is 1.33 bits per heavy atom. The summed E-state index contributed by atoms with van der Waals surface area (Å²) < 4.78 is 4.58. The number of carbonyl (C=O) groups is 2. The monoisotopic (exact) mass is 232 g/mol. The molecule has 0 aliphatic rings. The van der Waals surface area contributed by atoms with Gasteiger partial charge in [-0.1, -0.05) is 39.5 Å². The Morgan fingerprint density at radius 2 is 1.87 bits per heavy atom. The molecule has 0 saturated carbocycles. The molecule has 0 aliphatic heterocycles. The summed E-state index contributed by atoms with van der Waals surface area (Å²) in [6.07, 6.45) is 0.533. The zero-order chi connectivity index (χ0) is 12.1. The maximum absolute atomic E-state index is 11.5. The number of hydrogen-bond donors (Lipinski definition) is 0. The van der Waals surface area contributed by atoms with E-state index in [1.807, 2.05) is 20.8 Å². The summed E-state index contributed by atoms with van der Waals surface area (Å²) in [4.78, 5) is 22.5. The lowest BCUT2D eigenvalue weighted by Gasteiger charge is -2.16. The summed E-state index contributed by atoms with van der Waals surface area (Å²) in [5.74, 6) is 0.0247. The lowest BCUT2D eigenvalue weighted by Crippen LogP contribution is -2.17. The minimum absolute atomic E-state index is 0.0125. The van der Waals surface area contributed by atoms with Crippen LogP contribution in [0.1, 0.15) is 34.1 Å². The van der Waals surface area contributed by atoms with Crippen LogP contribution < -0.4 is 0 Å². The summed E-state index contributed by atoms with van der Waals surface area (Å²) >= 11 is 1.22. The van der Waals surface area contributed by atoms with E-state index in [2.05, 4.69) is 4.74 Å². The van der Waals surface area contributed by atoms with E-state index in [4.69, 9.17) is 0 Å². The van der Waals surface area contributed by atoms with Gasteiger partial charge < -0.3 is 4.74 Å². The Labute approximate surface area is 95.9 Å². The third kappa shape index (κ3) is 7.42. The zero-order valence-corrected chi connectivity index (χ0v) is 10.9. The van der Waals surface area contributed by atoms with Gasteiger partial charge in [0.25, 0.3) is 0 Å². The molecule has 0 radical (unpaired) electrons. The molecule has 88 valence electrons. The van der Waals surface area contributed by atoms with Gasteiger partial charge in [-0.05, 0) is 5.41 Å². The topological polar surface area (TPSA) is 43.4 Å². The third-order valence-electron chi connectivity index (χ3n) is 1.77. The molecule has 0 unspecified atom stereocenters. The highest BCUT2D eigenvalue weighted by Gasteiger charge is 2.19. The summed E-state index contributed by atoms with van der Waals surface area (Å²) in [6, 6.07) is 0. The van der Waals surface area contributed by atoms with Crippen molar-refractivity contribution in [1.82, 2.24) is 0 Å². The van der Waals surface area contributed by atoms with E-state index in [1.54, 1.807) is 6.92 Å². The highest BCUT2D eigenvalue weighted by molar-refractivity contribution is 8.13. The molecule has 0 rings (SSSR count). The van der Waals surface area contributed by atoms with E-state index in [1.165, 1.54) is 18.9 Å². The second-order valence-corrected chi connectivity index (χ2v) is 5.92. The van der Waals surface area contributed by atoms with Crippen LogP contribution in [0.2, 0.25) is 0 Å². The van der Waals surface area contributed by atoms with E-state index in [9.17, 15) is 9.59 Å². The van der Waals surface area contributed by atoms with Crippen LogP contribution in [0.25, 0.3) is 0 Å². The maximum atomic E-state index is 11.5. The van der Waals surface area contributed by atoms with E-state index in [-0.39, 0.29) is 22.4 Å². The highest BCUT2D eigenvalue weighted by Crippen LogP contribution is 2.23. The standard InChI is InChI=1S/C11H20O3S/c1-8(10(13)14-5)7-15-9(12)6-11(2,3)4/h8H,6-7H2,1-5H3/t8-/m0/s1. The van der Waals surface area contributed by atoms with Crippen LogP contribution in [0.15, 0.2) is 0 Å². The molecule has 15 heavy (non-hydrogen) atoms. The Bertz CT molecular complexity index is 230. The average Bonchev–Trinajstić information content (AvgIpc) is 2.10. The van der Waals surface area contributed by atoms with E-state index < -0.39 is 0 Å². The van der Waals surface area contributed by atoms with Gasteiger partial charge in [0.1, 0.15) is 0 Å². The molecule has 0 aromatic heterocycles. The smallest absolute Gasteiger partial charge is 0.309 e. The first kappa shape index (κ1) is 14.5. The first-order valence-electron chi connectivity index (χ1n) is 4.99. The van der Waals surface area contributed by atoms with E-state index in [0.29, 0.717) is 12.2 Å². The number of hydrogen-bond acceptors (Lipinski definition) is 4. The normalized spacial score (nSPS) is 13.4. The van der Waals surface area contributed by atoms with Crippen LogP contribution in [0, 0.1) is 11.3 Å². The van der Waals surface area contributed by atoms with Crippen molar-refractivity contribution in [3.8, 4) is 0 Å². The van der Waals surface area contributed by atoms with Gasteiger partial charge in [-0.15, -0.1) is 0 Å². The van der Waals surface area contributed by atoms with E-state index >= 15 is 0 Å². The second-order valence-electron chi connectivity index (χ2n) is 4.84. The fourth-order valence-electron chi connectivity index (χ4n) is 0.971. The van der Waals surface area contributed by atoms with Crippen LogP contribution in [-0.4, -0.2) is 23.9 Å². The molecule has 4 heteroatoms. The number of ether oxygens (including phenoxy) is 1. The number of methoxy groups -OCH3 is 1. The van der Waals surface area contributed by atoms with Crippen molar-refractivity contribution in [3.63, 3.8) is 0 Å². The maximum Gasteiger partial charge on any atom is 0.309 e. The van der Waals surface area contributed by atoms with Crippen LogP contribution >= 0.6 is 11.8 Å². The van der Waals surface area contributed by atoms with Gasteiger partial charge in [0.05, 0.1) is 13.0 Å². The van der Waals surface area contributed by atoms with Crippen molar-refractivity contribution >= 4 is 22.8 Å². The van der Waals surface area contributed by atoms with Crippen molar-refractivity contribution in [3.05, 3.63) is 0 Å². The van der Waals surface area contributed by atoms with Crippen LogP contribution in [0.5, 0.6) is 0 Å². The van der Waals surface area contributed by atoms with Crippen molar-refractivity contribution in [1.29, 1.82) is 0 Å². The predicted octanol–water partition coefficient (Wildman–Crippen LogP) is 2.49. The van der Waals surface area contributed by atoms with Gasteiger partial charge in [-0.25, -0.2) is 0 Å². The fraction of sp³-hybridized carbons (Fsp3) is 0.818. The lowest BCUT2D eigenvalue weighted by atomic mass is 9.93. The molecule has 0 amide bonds. The zero-order valence-electron chi connectivity index (χ0n) is 10.1. The number of thioether (sulfide) groups is 1. The van der Waals surface area contributed by atoms with Crippen LogP contribution in [-0.2, 0) is 14.3 Å². The molecule has 1 atom stereocenters. The van der Waals surface area contributed by atoms with Crippen molar-refractivity contribution in [2.75, 3.05) is 12.9 Å². The van der Waals surface area contributed by atoms with Crippen LogP contribution in [0.4, 0.5) is 0 Å². The Hall–Kier alpha value is -0.510. The Balaban J connectivity index is 3.86. The number of esters is 1. The summed E-state index contributed by atoms with van der Waals surface area (Å²) in [5, 5.41) is 0.137. The quantitative estimate of drug-likeness (QED) is 0.698. The van der Waals surface area contributed by atoms with Gasteiger partial charge in [-0.2, -0.15) is 0 Å². The van der Waals surface area contributed by atoms with Crippen molar-refractivity contribution < 1.29 is 14.3 Å². The molecular formula is C11H20O3S. The third-order valence-corrected chi connectivity index (χ3v) is 2.91. The molecule has 0 fully saturated rings. The van der Waals surface area contributed by atoms with Gasteiger partial charge >= 0.3 is 5.97 Å². The Morgan fingerprint density at radius 3 is 2.27 bits per heavy atom. The molecule has 0 aromatic carbocycles. The largest absolute Gasteiger partial charge is 0.469 e. The first-order chi connectivity index (χ1) is 6.76. The highest BCUT2D eigenvalue weighted by atomic mass is 32.2. The molecule has 0 heterocycles. The minimum atomic E-state index is -0.258. The molecule has 0 bridgehead atoms. The van der Waals surface area contributed by atoms with Gasteiger partial charge in [-0.3, -0.25) is 9.59 Å². The molecular weight excluding hydrogens is 212 g/mol. The van der Waals surface area contributed by atoms with E-state index in [0.717, 1.165) is 0 Å².